The molecule has 0 aliphatic heterocycles. The molecule has 0 saturated carbocycles. The monoisotopic (exact) mass is 306 g/mol. The second kappa shape index (κ2) is 6.56. The van der Waals surface area contributed by atoms with Crippen LogP contribution in [0.1, 0.15) is 25.3 Å². The van der Waals surface area contributed by atoms with Crippen molar-refractivity contribution in [3.05, 3.63) is 22.7 Å². The topological polar surface area (TPSA) is 92.4 Å². The number of sulfonamides is 1. The van der Waals surface area contributed by atoms with Gasteiger partial charge >= 0.3 is 0 Å². The molecule has 0 aliphatic rings. The smallest absolute Gasteiger partial charge is 0.241 e. The van der Waals surface area contributed by atoms with Crippen molar-refractivity contribution in [2.75, 3.05) is 12.3 Å². The molecule has 0 aromatic heterocycles. The molecule has 0 bridgehead atoms. The van der Waals surface area contributed by atoms with Gasteiger partial charge in [-0.05, 0) is 37.5 Å². The molecule has 0 spiro atoms. The van der Waals surface area contributed by atoms with Gasteiger partial charge in [0.25, 0.3) is 0 Å². The van der Waals surface area contributed by atoms with Gasteiger partial charge in [-0.3, -0.25) is 0 Å². The van der Waals surface area contributed by atoms with Crippen molar-refractivity contribution in [2.24, 2.45) is 0 Å². The summed E-state index contributed by atoms with van der Waals surface area (Å²) in [5, 5.41) is 9.18. The van der Waals surface area contributed by atoms with E-state index in [1.807, 2.05) is 6.92 Å². The van der Waals surface area contributed by atoms with E-state index < -0.39 is 10.0 Å². The lowest BCUT2D eigenvalue weighted by Crippen LogP contribution is -2.35. The van der Waals surface area contributed by atoms with Crippen molar-refractivity contribution < 1.29 is 13.5 Å². The quantitative estimate of drug-likeness (QED) is 0.697. The molecule has 0 radical (unpaired) electrons. The number of aliphatic hydroxyl groups excluding tert-OH is 1. The van der Waals surface area contributed by atoms with E-state index in [1.165, 1.54) is 12.1 Å². The zero-order valence-corrected chi connectivity index (χ0v) is 12.6. The minimum atomic E-state index is -3.70. The lowest BCUT2D eigenvalue weighted by Gasteiger charge is -2.17. The Kier molecular flexibility index (Phi) is 5.61. The number of benzene rings is 1. The highest BCUT2D eigenvalue weighted by Crippen LogP contribution is 2.26. The molecule has 0 fully saturated rings. The first-order chi connectivity index (χ1) is 8.81. The van der Waals surface area contributed by atoms with Crippen molar-refractivity contribution in [3.8, 4) is 0 Å². The van der Waals surface area contributed by atoms with E-state index in [0.717, 1.165) is 0 Å². The van der Waals surface area contributed by atoms with Crippen LogP contribution in [0, 0.1) is 6.92 Å². The van der Waals surface area contributed by atoms with Gasteiger partial charge in [-0.1, -0.05) is 18.5 Å². The fourth-order valence-corrected chi connectivity index (χ4v) is 3.68. The van der Waals surface area contributed by atoms with Gasteiger partial charge in [-0.15, -0.1) is 0 Å². The Morgan fingerprint density at radius 3 is 2.63 bits per heavy atom. The minimum Gasteiger partial charge on any atom is -0.398 e. The summed E-state index contributed by atoms with van der Waals surface area (Å²) in [4.78, 5) is 0.0777. The third-order valence-corrected chi connectivity index (χ3v) is 4.81. The largest absolute Gasteiger partial charge is 0.398 e. The van der Waals surface area contributed by atoms with Gasteiger partial charge in [0, 0.05) is 23.4 Å². The number of nitrogens with one attached hydrogen (secondary N) is 1. The molecule has 0 saturated heterocycles. The first-order valence-electron chi connectivity index (χ1n) is 6.00. The summed E-state index contributed by atoms with van der Waals surface area (Å²) in [6.45, 7) is 3.41. The van der Waals surface area contributed by atoms with Crippen molar-refractivity contribution in [2.45, 2.75) is 37.6 Å². The molecule has 5 nitrogen and oxygen atoms in total. The summed E-state index contributed by atoms with van der Waals surface area (Å²) in [5.41, 5.74) is 6.53. The standard InChI is InChI=1S/C12H19ClN2O3S/c1-3-10(4-5-16)15-19(17,18)12-7-9(13)6-11(14)8(12)2/h6-7,10,15-16H,3-5,14H2,1-2H3. The van der Waals surface area contributed by atoms with Crippen LogP contribution in [-0.2, 0) is 10.0 Å². The summed E-state index contributed by atoms with van der Waals surface area (Å²) < 4.78 is 27.1. The first kappa shape index (κ1) is 16.2. The third kappa shape index (κ3) is 4.07. The number of hydrogen-bond acceptors (Lipinski definition) is 4. The molecule has 1 rings (SSSR count). The van der Waals surface area contributed by atoms with Gasteiger partial charge < -0.3 is 10.8 Å². The van der Waals surface area contributed by atoms with Crippen molar-refractivity contribution >= 4 is 27.3 Å². The fraction of sp³-hybridized carbons (Fsp3) is 0.500. The highest BCUT2D eigenvalue weighted by Gasteiger charge is 2.22. The van der Waals surface area contributed by atoms with Crippen molar-refractivity contribution in [1.29, 1.82) is 0 Å². The van der Waals surface area contributed by atoms with Gasteiger partial charge in [-0.2, -0.15) is 0 Å². The SMILES string of the molecule is CCC(CCO)NS(=O)(=O)c1cc(Cl)cc(N)c1C. The van der Waals surface area contributed by atoms with E-state index in [0.29, 0.717) is 24.1 Å². The average molecular weight is 307 g/mol. The maximum atomic E-state index is 12.3. The van der Waals surface area contributed by atoms with E-state index >= 15 is 0 Å². The lowest BCUT2D eigenvalue weighted by atomic mass is 10.2. The van der Waals surface area contributed by atoms with E-state index in [1.54, 1.807) is 6.92 Å². The van der Waals surface area contributed by atoms with Crippen LogP contribution < -0.4 is 10.5 Å². The van der Waals surface area contributed by atoms with E-state index in [-0.39, 0.29) is 22.6 Å². The van der Waals surface area contributed by atoms with Crippen LogP contribution in [-0.4, -0.2) is 26.2 Å². The maximum Gasteiger partial charge on any atom is 0.241 e. The summed E-state index contributed by atoms with van der Waals surface area (Å²) in [6, 6.07) is 2.58. The second-order valence-corrected chi connectivity index (χ2v) is 6.48. The Balaban J connectivity index is 3.13. The predicted molar refractivity (Wildman–Crippen MR) is 76.7 cm³/mol. The lowest BCUT2D eigenvalue weighted by molar-refractivity contribution is 0.270. The highest BCUT2D eigenvalue weighted by atomic mass is 35.5. The van der Waals surface area contributed by atoms with Crippen LogP contribution in [0.4, 0.5) is 5.69 Å². The molecular weight excluding hydrogens is 288 g/mol. The Morgan fingerprint density at radius 1 is 1.47 bits per heavy atom. The van der Waals surface area contributed by atoms with Crippen molar-refractivity contribution in [1.82, 2.24) is 4.72 Å². The van der Waals surface area contributed by atoms with Gasteiger partial charge in [0.05, 0.1) is 4.90 Å². The molecule has 1 unspecified atom stereocenters. The molecule has 1 atom stereocenters. The van der Waals surface area contributed by atoms with Crippen molar-refractivity contribution in [3.63, 3.8) is 0 Å². The number of hydrogen-bond donors (Lipinski definition) is 3. The number of aliphatic hydroxyl groups is 1. The Hall–Kier alpha value is -0.820. The molecule has 1 aromatic carbocycles. The Labute approximate surface area is 118 Å². The third-order valence-electron chi connectivity index (χ3n) is 2.95. The normalized spacial score (nSPS) is 13.5. The number of halogens is 1. The number of rotatable bonds is 6. The van der Waals surface area contributed by atoms with Crippen LogP contribution in [0.2, 0.25) is 5.02 Å². The molecule has 0 heterocycles. The Bertz CT molecular complexity index is 546. The molecule has 4 N–H and O–H groups in total. The molecule has 7 heteroatoms. The zero-order chi connectivity index (χ0) is 14.6. The molecule has 1 aromatic rings. The van der Waals surface area contributed by atoms with Gasteiger partial charge in [-0.25, -0.2) is 13.1 Å². The highest BCUT2D eigenvalue weighted by molar-refractivity contribution is 7.89. The second-order valence-electron chi connectivity index (χ2n) is 4.36. The van der Waals surface area contributed by atoms with Gasteiger partial charge in [0.2, 0.25) is 10.0 Å². The van der Waals surface area contributed by atoms with E-state index in [4.69, 9.17) is 22.4 Å². The van der Waals surface area contributed by atoms with Gasteiger partial charge in [0.15, 0.2) is 0 Å². The summed E-state index contributed by atoms with van der Waals surface area (Å²) in [6.07, 6.45) is 0.958. The Morgan fingerprint density at radius 2 is 2.11 bits per heavy atom. The van der Waals surface area contributed by atoms with Crippen LogP contribution in [0.15, 0.2) is 17.0 Å². The first-order valence-corrected chi connectivity index (χ1v) is 7.86. The van der Waals surface area contributed by atoms with Crippen LogP contribution >= 0.6 is 11.6 Å². The summed E-state index contributed by atoms with van der Waals surface area (Å²) >= 11 is 5.85. The maximum absolute atomic E-state index is 12.3. The van der Waals surface area contributed by atoms with Crippen LogP contribution in [0.25, 0.3) is 0 Å². The number of nitrogen functional groups attached to an aromatic ring is 1. The summed E-state index contributed by atoms with van der Waals surface area (Å²) in [5.74, 6) is 0. The molecule has 0 aliphatic carbocycles. The number of nitrogens with two attached hydrogens (primary N) is 1. The van der Waals surface area contributed by atoms with Crippen LogP contribution in [0.5, 0.6) is 0 Å². The van der Waals surface area contributed by atoms with E-state index in [2.05, 4.69) is 4.72 Å². The van der Waals surface area contributed by atoms with Gasteiger partial charge in [0.1, 0.15) is 0 Å². The summed E-state index contributed by atoms with van der Waals surface area (Å²) in [7, 11) is -3.70. The molecular formula is C12H19ClN2O3S. The minimum absolute atomic E-state index is 0.0717. The van der Waals surface area contributed by atoms with Crippen LogP contribution in [0.3, 0.4) is 0 Å². The molecule has 108 valence electrons. The molecule has 19 heavy (non-hydrogen) atoms. The predicted octanol–water partition coefficient (Wildman–Crippen LogP) is 1.67. The number of anilines is 1. The average Bonchev–Trinajstić information content (AvgIpc) is 2.32. The zero-order valence-electron chi connectivity index (χ0n) is 11.0. The molecule has 0 amide bonds. The van der Waals surface area contributed by atoms with E-state index in [9.17, 15) is 8.42 Å². The fourth-order valence-electron chi connectivity index (χ4n) is 1.74.